The maximum absolute atomic E-state index is 5.94. The molecule has 1 aromatic heterocycles. The van der Waals surface area contributed by atoms with Gasteiger partial charge in [0.2, 0.25) is 0 Å². The minimum absolute atomic E-state index is 0.101. The molecule has 0 spiro atoms. The van der Waals surface area contributed by atoms with Gasteiger partial charge in [-0.3, -0.25) is 4.98 Å². The minimum Gasteiger partial charge on any atom is -0.486 e. The Morgan fingerprint density at radius 1 is 1.25 bits per heavy atom. The second kappa shape index (κ2) is 6.86. The number of para-hydroxylation sites is 1. The number of benzene rings is 1. The van der Waals surface area contributed by atoms with Crippen molar-refractivity contribution in [1.82, 2.24) is 4.98 Å². The number of halogens is 1. The Morgan fingerprint density at radius 3 is 2.70 bits per heavy atom. The molecule has 0 aliphatic carbocycles. The summed E-state index contributed by atoms with van der Waals surface area (Å²) >= 11 is 3.54. The molecular formula is C16H19BrN2O. The van der Waals surface area contributed by atoms with Crippen LogP contribution in [-0.2, 0) is 13.0 Å². The van der Waals surface area contributed by atoms with Gasteiger partial charge in [-0.1, -0.05) is 18.2 Å². The first kappa shape index (κ1) is 15.0. The lowest BCUT2D eigenvalue weighted by atomic mass is 10.1. The van der Waals surface area contributed by atoms with E-state index in [1.54, 1.807) is 0 Å². The fourth-order valence-electron chi connectivity index (χ4n) is 2.05. The zero-order chi connectivity index (χ0) is 14.5. The second-order valence-electron chi connectivity index (χ2n) is 4.97. The Balaban J connectivity index is 2.16. The van der Waals surface area contributed by atoms with E-state index in [1.165, 1.54) is 0 Å². The fraction of sp³-hybridized carbons (Fsp3) is 0.312. The van der Waals surface area contributed by atoms with Gasteiger partial charge in [-0.25, -0.2) is 0 Å². The Hall–Kier alpha value is -1.39. The van der Waals surface area contributed by atoms with Crippen molar-refractivity contribution in [2.45, 2.75) is 32.9 Å². The summed E-state index contributed by atoms with van der Waals surface area (Å²) in [6.07, 6.45) is 0.788. The highest BCUT2D eigenvalue weighted by atomic mass is 79.9. The van der Waals surface area contributed by atoms with Crippen LogP contribution in [0, 0.1) is 6.92 Å². The molecule has 2 N–H and O–H groups in total. The number of ether oxygens (including phenoxy) is 1. The number of aryl methyl sites for hydroxylation is 1. The molecule has 2 aromatic rings. The summed E-state index contributed by atoms with van der Waals surface area (Å²) in [6, 6.07) is 12.1. The topological polar surface area (TPSA) is 48.1 Å². The smallest absolute Gasteiger partial charge is 0.137 e. The van der Waals surface area contributed by atoms with Crippen LogP contribution in [0.5, 0.6) is 5.75 Å². The van der Waals surface area contributed by atoms with Crippen LogP contribution in [0.1, 0.15) is 23.9 Å². The summed E-state index contributed by atoms with van der Waals surface area (Å²) in [5, 5.41) is 0. The number of hydrogen-bond acceptors (Lipinski definition) is 3. The van der Waals surface area contributed by atoms with Crippen molar-refractivity contribution >= 4 is 15.9 Å². The van der Waals surface area contributed by atoms with Gasteiger partial charge in [0.25, 0.3) is 0 Å². The zero-order valence-corrected chi connectivity index (χ0v) is 13.4. The van der Waals surface area contributed by atoms with E-state index in [-0.39, 0.29) is 6.04 Å². The molecule has 3 nitrogen and oxygen atoms in total. The lowest BCUT2D eigenvalue weighted by Gasteiger charge is -2.14. The number of pyridine rings is 1. The molecule has 106 valence electrons. The van der Waals surface area contributed by atoms with Crippen LogP contribution in [-0.4, -0.2) is 11.0 Å². The van der Waals surface area contributed by atoms with Crippen molar-refractivity contribution in [3.63, 3.8) is 0 Å². The first-order chi connectivity index (χ1) is 9.56. The van der Waals surface area contributed by atoms with Gasteiger partial charge in [0, 0.05) is 11.7 Å². The van der Waals surface area contributed by atoms with Crippen molar-refractivity contribution in [3.8, 4) is 5.75 Å². The Labute approximate surface area is 128 Å². The van der Waals surface area contributed by atoms with Crippen LogP contribution in [0.3, 0.4) is 0 Å². The normalized spacial score (nSPS) is 12.2. The molecule has 4 heteroatoms. The summed E-state index contributed by atoms with van der Waals surface area (Å²) in [5.74, 6) is 0.855. The third kappa shape index (κ3) is 4.05. The summed E-state index contributed by atoms with van der Waals surface area (Å²) in [4.78, 5) is 4.44. The predicted molar refractivity (Wildman–Crippen MR) is 84.8 cm³/mol. The third-order valence-electron chi connectivity index (χ3n) is 2.90. The van der Waals surface area contributed by atoms with Crippen LogP contribution >= 0.6 is 15.9 Å². The molecule has 0 saturated carbocycles. The maximum atomic E-state index is 5.94. The average molecular weight is 335 g/mol. The molecule has 0 radical (unpaired) electrons. The van der Waals surface area contributed by atoms with Gasteiger partial charge in [-0.2, -0.15) is 0 Å². The Morgan fingerprint density at radius 2 is 2.00 bits per heavy atom. The van der Waals surface area contributed by atoms with E-state index in [0.29, 0.717) is 6.61 Å². The van der Waals surface area contributed by atoms with Crippen molar-refractivity contribution in [2.75, 3.05) is 0 Å². The number of hydrogen-bond donors (Lipinski definition) is 1. The standard InChI is InChI=1S/C16H19BrN2O/c1-11(18)9-13-6-4-8-15(17)16(13)20-10-14-7-3-5-12(2)19-14/h3-8,11H,9-10,18H2,1-2H3. The van der Waals surface area contributed by atoms with Gasteiger partial charge >= 0.3 is 0 Å². The molecule has 1 heterocycles. The summed E-state index contributed by atoms with van der Waals surface area (Å²) in [5.41, 5.74) is 8.92. The van der Waals surface area contributed by atoms with Crippen molar-refractivity contribution in [3.05, 3.63) is 57.8 Å². The maximum Gasteiger partial charge on any atom is 0.137 e. The summed E-state index contributed by atoms with van der Waals surface area (Å²) in [6.45, 7) is 4.42. The van der Waals surface area contributed by atoms with Gasteiger partial charge in [-0.15, -0.1) is 0 Å². The van der Waals surface area contributed by atoms with Crippen LogP contribution < -0.4 is 10.5 Å². The lowest BCUT2D eigenvalue weighted by Crippen LogP contribution is -2.18. The monoisotopic (exact) mass is 334 g/mol. The molecule has 0 aliphatic rings. The van der Waals surface area contributed by atoms with E-state index in [9.17, 15) is 0 Å². The van der Waals surface area contributed by atoms with Gasteiger partial charge in [-0.05, 0) is 60.0 Å². The highest BCUT2D eigenvalue weighted by Crippen LogP contribution is 2.30. The van der Waals surface area contributed by atoms with E-state index >= 15 is 0 Å². The Kier molecular flexibility index (Phi) is 5.15. The highest BCUT2D eigenvalue weighted by Gasteiger charge is 2.10. The number of nitrogens with two attached hydrogens (primary N) is 1. The van der Waals surface area contributed by atoms with E-state index in [2.05, 4.69) is 20.9 Å². The first-order valence-corrected chi connectivity index (χ1v) is 7.44. The van der Waals surface area contributed by atoms with Crippen LogP contribution in [0.15, 0.2) is 40.9 Å². The lowest BCUT2D eigenvalue weighted by molar-refractivity contribution is 0.295. The number of aromatic nitrogens is 1. The molecule has 0 aliphatic heterocycles. The molecule has 1 aromatic carbocycles. The zero-order valence-electron chi connectivity index (χ0n) is 11.8. The summed E-state index contributed by atoms with van der Waals surface area (Å²) < 4.78 is 6.89. The minimum atomic E-state index is 0.101. The van der Waals surface area contributed by atoms with Gasteiger partial charge in [0.1, 0.15) is 12.4 Å². The quantitative estimate of drug-likeness (QED) is 0.908. The van der Waals surface area contributed by atoms with Crippen molar-refractivity contribution in [2.24, 2.45) is 5.73 Å². The second-order valence-corrected chi connectivity index (χ2v) is 5.82. The molecule has 0 saturated heterocycles. The average Bonchev–Trinajstić information content (AvgIpc) is 2.37. The first-order valence-electron chi connectivity index (χ1n) is 6.64. The molecule has 0 fully saturated rings. The van der Waals surface area contributed by atoms with E-state index in [1.807, 2.05) is 50.2 Å². The van der Waals surface area contributed by atoms with Gasteiger partial charge in [0.15, 0.2) is 0 Å². The molecule has 1 atom stereocenters. The Bertz CT molecular complexity index is 584. The van der Waals surface area contributed by atoms with Gasteiger partial charge in [0.05, 0.1) is 10.2 Å². The molecule has 1 unspecified atom stereocenters. The molecule has 20 heavy (non-hydrogen) atoms. The number of rotatable bonds is 5. The van der Waals surface area contributed by atoms with E-state index in [4.69, 9.17) is 10.5 Å². The largest absolute Gasteiger partial charge is 0.486 e. The fourth-order valence-corrected chi connectivity index (χ4v) is 2.57. The summed E-state index contributed by atoms with van der Waals surface area (Å²) in [7, 11) is 0. The molecular weight excluding hydrogens is 316 g/mol. The van der Waals surface area contributed by atoms with Crippen LogP contribution in [0.4, 0.5) is 0 Å². The third-order valence-corrected chi connectivity index (χ3v) is 3.53. The SMILES string of the molecule is Cc1cccc(COc2c(Br)cccc2CC(C)N)n1. The van der Waals surface area contributed by atoms with Crippen molar-refractivity contribution < 1.29 is 4.74 Å². The predicted octanol–water partition coefficient (Wildman–Crippen LogP) is 3.62. The van der Waals surface area contributed by atoms with Crippen molar-refractivity contribution in [1.29, 1.82) is 0 Å². The molecule has 0 amide bonds. The molecule has 0 bridgehead atoms. The highest BCUT2D eigenvalue weighted by molar-refractivity contribution is 9.10. The van der Waals surface area contributed by atoms with Gasteiger partial charge < -0.3 is 10.5 Å². The van der Waals surface area contributed by atoms with E-state index < -0.39 is 0 Å². The van der Waals surface area contributed by atoms with E-state index in [0.717, 1.165) is 33.6 Å². The number of nitrogens with zero attached hydrogens (tertiary/aromatic N) is 1. The molecule has 2 rings (SSSR count). The van der Waals surface area contributed by atoms with Crippen LogP contribution in [0.25, 0.3) is 0 Å². The van der Waals surface area contributed by atoms with Crippen LogP contribution in [0.2, 0.25) is 0 Å².